The van der Waals surface area contributed by atoms with Crippen LogP contribution in [0.3, 0.4) is 0 Å². The van der Waals surface area contributed by atoms with E-state index >= 15 is 0 Å². The lowest BCUT2D eigenvalue weighted by atomic mass is 9.73. The molecule has 2 fully saturated rings. The molecule has 2 heterocycles. The van der Waals surface area contributed by atoms with E-state index in [2.05, 4.69) is 34.6 Å². The Labute approximate surface area is 148 Å². The molecule has 1 saturated heterocycles. The number of aromatic nitrogens is 1. The summed E-state index contributed by atoms with van der Waals surface area (Å²) < 4.78 is 5.56. The van der Waals surface area contributed by atoms with Gasteiger partial charge in [-0.15, -0.1) is 0 Å². The number of hydrogen-bond acceptors (Lipinski definition) is 3. The molecule has 0 unspecified atom stereocenters. The first-order chi connectivity index (χ1) is 12.3. The average Bonchev–Trinajstić information content (AvgIpc) is 3.48. The summed E-state index contributed by atoms with van der Waals surface area (Å²) in [7, 11) is 0. The van der Waals surface area contributed by atoms with Crippen molar-refractivity contribution < 1.29 is 9.53 Å². The van der Waals surface area contributed by atoms with Gasteiger partial charge in [-0.25, -0.2) is 0 Å². The van der Waals surface area contributed by atoms with E-state index in [1.807, 2.05) is 18.3 Å². The normalized spacial score (nSPS) is 19.4. The van der Waals surface area contributed by atoms with Crippen LogP contribution in [0, 0.1) is 5.41 Å². The molecule has 1 aliphatic heterocycles. The largest absolute Gasteiger partial charge is 0.381 e. The van der Waals surface area contributed by atoms with Crippen molar-refractivity contribution in [3.8, 4) is 11.1 Å². The average molecular weight is 336 g/mol. The molecule has 0 radical (unpaired) electrons. The SMILES string of the molecule is O=C(NC1CC1)C1(Cc2ccccc2-c2cccnc2)CCOCC1. The molecule has 4 rings (SSSR count). The molecule has 1 saturated carbocycles. The Bertz CT molecular complexity index is 735. The van der Waals surface area contributed by atoms with Crippen LogP contribution >= 0.6 is 0 Å². The summed E-state index contributed by atoms with van der Waals surface area (Å²) in [5, 5.41) is 3.24. The van der Waals surface area contributed by atoms with Crippen LogP contribution in [0.4, 0.5) is 0 Å². The summed E-state index contributed by atoms with van der Waals surface area (Å²) in [6.07, 6.45) is 8.23. The van der Waals surface area contributed by atoms with Gasteiger partial charge in [0.2, 0.25) is 5.91 Å². The van der Waals surface area contributed by atoms with Crippen molar-refractivity contribution in [2.75, 3.05) is 13.2 Å². The molecule has 0 atom stereocenters. The molecule has 2 aromatic rings. The lowest BCUT2D eigenvalue weighted by molar-refractivity contribution is -0.136. The van der Waals surface area contributed by atoms with Crippen molar-refractivity contribution in [1.29, 1.82) is 0 Å². The van der Waals surface area contributed by atoms with Gasteiger partial charge in [0.15, 0.2) is 0 Å². The zero-order valence-electron chi connectivity index (χ0n) is 14.4. The highest BCUT2D eigenvalue weighted by molar-refractivity contribution is 5.84. The number of carbonyl (C=O) groups excluding carboxylic acids is 1. The van der Waals surface area contributed by atoms with E-state index in [0.717, 1.165) is 37.7 Å². The summed E-state index contributed by atoms with van der Waals surface area (Å²) in [6, 6.07) is 12.8. The van der Waals surface area contributed by atoms with Crippen molar-refractivity contribution in [2.45, 2.75) is 38.1 Å². The topological polar surface area (TPSA) is 51.2 Å². The van der Waals surface area contributed by atoms with Crippen LogP contribution in [0.1, 0.15) is 31.2 Å². The number of hydrogen-bond donors (Lipinski definition) is 1. The molecule has 1 aliphatic carbocycles. The van der Waals surface area contributed by atoms with Gasteiger partial charge in [0.1, 0.15) is 0 Å². The predicted octanol–water partition coefficient (Wildman–Crippen LogP) is 3.37. The zero-order chi connectivity index (χ0) is 17.1. The van der Waals surface area contributed by atoms with Crippen LogP contribution in [-0.2, 0) is 16.0 Å². The van der Waals surface area contributed by atoms with E-state index in [0.29, 0.717) is 19.3 Å². The van der Waals surface area contributed by atoms with E-state index in [9.17, 15) is 4.79 Å². The molecule has 0 spiro atoms. The van der Waals surface area contributed by atoms with Crippen LogP contribution in [0.25, 0.3) is 11.1 Å². The minimum absolute atomic E-state index is 0.208. The molecule has 1 N–H and O–H groups in total. The van der Waals surface area contributed by atoms with Gasteiger partial charge in [0.25, 0.3) is 0 Å². The molecule has 2 aliphatic rings. The first-order valence-corrected chi connectivity index (χ1v) is 9.14. The number of benzene rings is 1. The second-order valence-electron chi connectivity index (χ2n) is 7.22. The van der Waals surface area contributed by atoms with E-state index in [4.69, 9.17) is 4.74 Å². The summed E-state index contributed by atoms with van der Waals surface area (Å²) in [5.74, 6) is 0.208. The second kappa shape index (κ2) is 6.96. The summed E-state index contributed by atoms with van der Waals surface area (Å²) in [6.45, 7) is 1.32. The van der Waals surface area contributed by atoms with Crippen LogP contribution < -0.4 is 5.32 Å². The van der Waals surface area contributed by atoms with Gasteiger partial charge in [0, 0.05) is 37.2 Å². The maximum atomic E-state index is 13.0. The Balaban J connectivity index is 1.65. The smallest absolute Gasteiger partial charge is 0.226 e. The summed E-state index contributed by atoms with van der Waals surface area (Å²) >= 11 is 0. The molecule has 0 bridgehead atoms. The highest BCUT2D eigenvalue weighted by atomic mass is 16.5. The van der Waals surface area contributed by atoms with Gasteiger partial charge in [-0.1, -0.05) is 30.3 Å². The zero-order valence-corrected chi connectivity index (χ0v) is 14.4. The molecule has 1 aromatic carbocycles. The quantitative estimate of drug-likeness (QED) is 0.911. The van der Waals surface area contributed by atoms with E-state index in [-0.39, 0.29) is 11.3 Å². The fraction of sp³-hybridized carbons (Fsp3) is 0.429. The maximum Gasteiger partial charge on any atom is 0.226 e. The number of rotatable bonds is 5. The van der Waals surface area contributed by atoms with Crippen molar-refractivity contribution in [3.63, 3.8) is 0 Å². The number of nitrogens with one attached hydrogen (secondary N) is 1. The second-order valence-corrected chi connectivity index (χ2v) is 7.22. The highest BCUT2D eigenvalue weighted by Crippen LogP contribution is 2.38. The Morgan fingerprint density at radius 3 is 2.68 bits per heavy atom. The van der Waals surface area contributed by atoms with Crippen LogP contribution in [0.15, 0.2) is 48.8 Å². The van der Waals surface area contributed by atoms with Crippen molar-refractivity contribution >= 4 is 5.91 Å². The summed E-state index contributed by atoms with van der Waals surface area (Å²) in [4.78, 5) is 17.3. The molecule has 1 aromatic heterocycles. The van der Waals surface area contributed by atoms with Gasteiger partial charge >= 0.3 is 0 Å². The molecule has 4 nitrogen and oxygen atoms in total. The maximum absolute atomic E-state index is 13.0. The third kappa shape index (κ3) is 3.59. The van der Waals surface area contributed by atoms with Crippen LogP contribution in [0.2, 0.25) is 0 Å². The van der Waals surface area contributed by atoms with Gasteiger partial charge < -0.3 is 10.1 Å². The first kappa shape index (κ1) is 16.3. The van der Waals surface area contributed by atoms with Crippen LogP contribution in [0.5, 0.6) is 0 Å². The molecule has 130 valence electrons. The lowest BCUT2D eigenvalue weighted by Crippen LogP contribution is -2.46. The number of carbonyl (C=O) groups is 1. The third-order valence-corrected chi connectivity index (χ3v) is 5.36. The van der Waals surface area contributed by atoms with Crippen molar-refractivity contribution in [1.82, 2.24) is 10.3 Å². The van der Waals surface area contributed by atoms with E-state index in [1.165, 1.54) is 11.1 Å². The van der Waals surface area contributed by atoms with Crippen molar-refractivity contribution in [2.24, 2.45) is 5.41 Å². The monoisotopic (exact) mass is 336 g/mol. The van der Waals surface area contributed by atoms with Gasteiger partial charge in [-0.05, 0) is 49.3 Å². The Morgan fingerprint density at radius 2 is 1.96 bits per heavy atom. The Hall–Kier alpha value is -2.20. The van der Waals surface area contributed by atoms with Gasteiger partial charge in [-0.2, -0.15) is 0 Å². The number of amides is 1. The fourth-order valence-corrected chi connectivity index (χ4v) is 3.66. The predicted molar refractivity (Wildman–Crippen MR) is 97.0 cm³/mol. The number of nitrogens with zero attached hydrogens (tertiary/aromatic N) is 1. The first-order valence-electron chi connectivity index (χ1n) is 9.14. The molecular formula is C21H24N2O2. The van der Waals surface area contributed by atoms with E-state index < -0.39 is 0 Å². The standard InChI is InChI=1S/C21H24N2O2/c24-20(23-18-7-8-18)21(9-12-25-13-10-21)14-16-4-1-2-6-19(16)17-5-3-11-22-15-17/h1-6,11,15,18H,7-10,12-14H2,(H,23,24). The molecule has 25 heavy (non-hydrogen) atoms. The fourth-order valence-electron chi connectivity index (χ4n) is 3.66. The third-order valence-electron chi connectivity index (χ3n) is 5.36. The number of ether oxygens (including phenoxy) is 1. The molecule has 4 heteroatoms. The minimum atomic E-state index is -0.362. The lowest BCUT2D eigenvalue weighted by Gasteiger charge is -2.36. The number of pyridine rings is 1. The van der Waals surface area contributed by atoms with E-state index in [1.54, 1.807) is 6.20 Å². The Kier molecular flexibility index (Phi) is 4.53. The van der Waals surface area contributed by atoms with Gasteiger partial charge in [0.05, 0.1) is 5.41 Å². The highest BCUT2D eigenvalue weighted by Gasteiger charge is 2.42. The Morgan fingerprint density at radius 1 is 1.16 bits per heavy atom. The van der Waals surface area contributed by atoms with Crippen molar-refractivity contribution in [3.05, 3.63) is 54.4 Å². The molecule has 1 amide bonds. The van der Waals surface area contributed by atoms with Gasteiger partial charge in [-0.3, -0.25) is 9.78 Å². The summed E-state index contributed by atoms with van der Waals surface area (Å²) in [5.41, 5.74) is 3.12. The molecular weight excluding hydrogens is 312 g/mol. The van der Waals surface area contributed by atoms with Crippen LogP contribution in [-0.4, -0.2) is 30.1 Å². The minimum Gasteiger partial charge on any atom is -0.381 e.